The molecule has 1 unspecified atom stereocenters. The van der Waals surface area contributed by atoms with E-state index in [-0.39, 0.29) is 18.3 Å². The molecule has 0 radical (unpaired) electrons. The van der Waals surface area contributed by atoms with Crippen molar-refractivity contribution in [1.82, 2.24) is 14.8 Å². The lowest BCUT2D eigenvalue weighted by atomic mass is 10.1. The van der Waals surface area contributed by atoms with Gasteiger partial charge < -0.3 is 19.9 Å². The predicted molar refractivity (Wildman–Crippen MR) is 110 cm³/mol. The molecule has 30 heavy (non-hydrogen) atoms. The fourth-order valence-corrected chi connectivity index (χ4v) is 3.48. The first-order valence-corrected chi connectivity index (χ1v) is 9.64. The van der Waals surface area contributed by atoms with E-state index in [2.05, 4.69) is 15.5 Å². The molecule has 2 N–H and O–H groups in total. The van der Waals surface area contributed by atoms with E-state index in [9.17, 15) is 19.7 Å². The number of nitrogens with zero attached hydrogens (tertiary/aromatic N) is 3. The van der Waals surface area contributed by atoms with Gasteiger partial charge >= 0.3 is 11.8 Å². The van der Waals surface area contributed by atoms with Gasteiger partial charge in [0.2, 0.25) is 0 Å². The third-order valence-electron chi connectivity index (χ3n) is 5.14. The first kappa shape index (κ1) is 21.5. The van der Waals surface area contributed by atoms with Gasteiger partial charge in [0.25, 0.3) is 5.69 Å². The molecular weight excluding hydrogens is 390 g/mol. The van der Waals surface area contributed by atoms with Crippen molar-refractivity contribution in [3.8, 4) is 0 Å². The molecule has 0 bridgehead atoms. The molecule has 0 saturated carbocycles. The van der Waals surface area contributed by atoms with E-state index in [4.69, 9.17) is 4.74 Å². The maximum Gasteiger partial charge on any atom is 0.313 e. The minimum absolute atomic E-state index is 0.0779. The van der Waals surface area contributed by atoms with Crippen molar-refractivity contribution < 1.29 is 19.2 Å². The molecule has 2 aromatic rings. The van der Waals surface area contributed by atoms with Crippen LogP contribution in [-0.2, 0) is 21.4 Å². The molecule has 1 fully saturated rings. The Hall–Kier alpha value is -3.24. The van der Waals surface area contributed by atoms with Crippen molar-refractivity contribution in [3.05, 3.63) is 57.9 Å². The number of nitrogens with one attached hydrogen (secondary N) is 2. The highest BCUT2D eigenvalue weighted by Gasteiger charge is 2.26. The second-order valence-electron chi connectivity index (χ2n) is 7.13. The maximum atomic E-state index is 12.4. The number of benzene rings is 1. The Morgan fingerprint density at radius 3 is 2.57 bits per heavy atom. The van der Waals surface area contributed by atoms with Crippen molar-refractivity contribution >= 4 is 23.2 Å². The Morgan fingerprint density at radius 1 is 1.23 bits per heavy atom. The van der Waals surface area contributed by atoms with Crippen LogP contribution in [0.1, 0.15) is 17.3 Å². The second-order valence-corrected chi connectivity index (χ2v) is 7.13. The number of nitro benzene ring substituents is 1. The van der Waals surface area contributed by atoms with E-state index >= 15 is 0 Å². The molecule has 10 nitrogen and oxygen atoms in total. The van der Waals surface area contributed by atoms with Crippen LogP contribution in [0.2, 0.25) is 0 Å². The number of hydrogen-bond donors (Lipinski definition) is 2. The minimum Gasteiger partial charge on any atom is -0.379 e. The number of morpholine rings is 1. The summed E-state index contributed by atoms with van der Waals surface area (Å²) in [5.41, 5.74) is 1.81. The number of aromatic nitrogens is 1. The van der Waals surface area contributed by atoms with Crippen molar-refractivity contribution in [1.29, 1.82) is 0 Å². The Morgan fingerprint density at radius 2 is 1.97 bits per heavy atom. The van der Waals surface area contributed by atoms with E-state index in [1.807, 2.05) is 29.9 Å². The van der Waals surface area contributed by atoms with Crippen LogP contribution in [0.25, 0.3) is 0 Å². The van der Waals surface area contributed by atoms with Gasteiger partial charge in [-0.3, -0.25) is 24.6 Å². The lowest BCUT2D eigenvalue weighted by molar-refractivity contribution is -0.384. The topological polar surface area (TPSA) is 119 Å². The highest BCUT2D eigenvalue weighted by atomic mass is 16.6. The van der Waals surface area contributed by atoms with Gasteiger partial charge in [-0.2, -0.15) is 0 Å². The summed E-state index contributed by atoms with van der Waals surface area (Å²) in [5, 5.41) is 16.1. The Balaban J connectivity index is 1.64. The molecule has 1 atom stereocenters. The first-order chi connectivity index (χ1) is 14.4. The molecule has 1 aromatic carbocycles. The van der Waals surface area contributed by atoms with Gasteiger partial charge in [-0.05, 0) is 30.7 Å². The smallest absolute Gasteiger partial charge is 0.313 e. The molecule has 1 aliphatic heterocycles. The molecule has 10 heteroatoms. The lowest BCUT2D eigenvalue weighted by Gasteiger charge is -2.34. The number of carbonyl (C=O) groups is 2. The van der Waals surface area contributed by atoms with Crippen molar-refractivity contribution in [3.63, 3.8) is 0 Å². The number of aryl methyl sites for hydroxylation is 2. The van der Waals surface area contributed by atoms with Crippen LogP contribution in [0.3, 0.4) is 0 Å². The number of hydrogen-bond acceptors (Lipinski definition) is 6. The summed E-state index contributed by atoms with van der Waals surface area (Å²) in [7, 11) is 1.94. The predicted octanol–water partition coefficient (Wildman–Crippen LogP) is 1.37. The molecule has 0 spiro atoms. The number of anilines is 1. The second kappa shape index (κ2) is 9.51. The summed E-state index contributed by atoms with van der Waals surface area (Å²) in [6, 6.07) is 7.88. The van der Waals surface area contributed by atoms with E-state index in [0.29, 0.717) is 24.5 Å². The third-order valence-corrected chi connectivity index (χ3v) is 5.14. The average molecular weight is 415 g/mol. The summed E-state index contributed by atoms with van der Waals surface area (Å²) in [6.45, 7) is 4.61. The highest BCUT2D eigenvalue weighted by Crippen LogP contribution is 2.22. The van der Waals surface area contributed by atoms with Gasteiger partial charge in [-0.15, -0.1) is 0 Å². The van der Waals surface area contributed by atoms with E-state index in [1.165, 1.54) is 18.2 Å². The SMILES string of the molecule is Cc1cc([N+](=O)[O-])ccc1NC(=O)C(=O)NCC(c1cccn1C)N1CCOCC1. The standard InChI is InChI=1S/C20H25N5O5/c1-14-12-15(25(28)29)5-6-16(14)22-20(27)19(26)21-13-18(17-4-3-7-23(17)2)24-8-10-30-11-9-24/h3-7,12,18H,8-11,13H2,1-2H3,(H,21,26)(H,22,27). The van der Waals surface area contributed by atoms with Crippen LogP contribution < -0.4 is 10.6 Å². The Kier molecular flexibility index (Phi) is 6.80. The Bertz CT molecular complexity index is 935. The minimum atomic E-state index is -0.820. The van der Waals surface area contributed by atoms with Crippen LogP contribution in [-0.4, -0.2) is 59.1 Å². The van der Waals surface area contributed by atoms with Gasteiger partial charge in [0, 0.05) is 56.4 Å². The van der Waals surface area contributed by atoms with Crippen LogP contribution in [0.5, 0.6) is 0 Å². The quantitative estimate of drug-likeness (QED) is 0.418. The van der Waals surface area contributed by atoms with Gasteiger partial charge in [0.15, 0.2) is 0 Å². The molecule has 1 aliphatic rings. The normalized spacial score (nSPS) is 15.4. The van der Waals surface area contributed by atoms with Gasteiger partial charge in [-0.1, -0.05) is 0 Å². The van der Waals surface area contributed by atoms with Crippen molar-refractivity contribution in [2.75, 3.05) is 38.2 Å². The number of non-ortho nitro benzene ring substituents is 1. The molecule has 1 aromatic heterocycles. The molecule has 2 amide bonds. The molecule has 2 heterocycles. The summed E-state index contributed by atoms with van der Waals surface area (Å²) in [5.74, 6) is -1.58. The van der Waals surface area contributed by atoms with E-state index in [0.717, 1.165) is 18.8 Å². The number of ether oxygens (including phenoxy) is 1. The fourth-order valence-electron chi connectivity index (χ4n) is 3.48. The summed E-state index contributed by atoms with van der Waals surface area (Å²) in [6.07, 6.45) is 1.94. The van der Waals surface area contributed by atoms with Gasteiger partial charge in [-0.25, -0.2) is 0 Å². The van der Waals surface area contributed by atoms with E-state index < -0.39 is 16.7 Å². The third kappa shape index (κ3) is 5.02. The molecule has 1 saturated heterocycles. The molecule has 3 rings (SSSR count). The molecule has 0 aliphatic carbocycles. The van der Waals surface area contributed by atoms with Gasteiger partial charge in [0.1, 0.15) is 0 Å². The zero-order chi connectivity index (χ0) is 21.7. The van der Waals surface area contributed by atoms with Crippen LogP contribution >= 0.6 is 0 Å². The number of carbonyl (C=O) groups excluding carboxylic acids is 2. The lowest BCUT2D eigenvalue weighted by Crippen LogP contribution is -2.46. The van der Waals surface area contributed by atoms with Crippen LogP contribution in [0.4, 0.5) is 11.4 Å². The summed E-state index contributed by atoms with van der Waals surface area (Å²) in [4.78, 5) is 37.3. The highest BCUT2D eigenvalue weighted by molar-refractivity contribution is 6.39. The zero-order valence-corrected chi connectivity index (χ0v) is 17.0. The number of amides is 2. The number of rotatable bonds is 6. The number of nitro groups is 1. The largest absolute Gasteiger partial charge is 0.379 e. The first-order valence-electron chi connectivity index (χ1n) is 9.64. The van der Waals surface area contributed by atoms with E-state index in [1.54, 1.807) is 6.92 Å². The zero-order valence-electron chi connectivity index (χ0n) is 17.0. The van der Waals surface area contributed by atoms with Gasteiger partial charge in [0.05, 0.1) is 24.2 Å². The monoisotopic (exact) mass is 415 g/mol. The van der Waals surface area contributed by atoms with Crippen LogP contribution in [0.15, 0.2) is 36.5 Å². The van der Waals surface area contributed by atoms with Crippen molar-refractivity contribution in [2.24, 2.45) is 7.05 Å². The van der Waals surface area contributed by atoms with Crippen LogP contribution in [0, 0.1) is 17.0 Å². The van der Waals surface area contributed by atoms with Crippen molar-refractivity contribution in [2.45, 2.75) is 13.0 Å². The molecule has 160 valence electrons. The Labute approximate surface area is 174 Å². The molecular formula is C20H25N5O5. The maximum absolute atomic E-state index is 12.4. The fraction of sp³-hybridized carbons (Fsp3) is 0.400. The average Bonchev–Trinajstić information content (AvgIpc) is 3.15. The summed E-state index contributed by atoms with van der Waals surface area (Å²) < 4.78 is 7.41. The summed E-state index contributed by atoms with van der Waals surface area (Å²) >= 11 is 0.